The van der Waals surface area contributed by atoms with Gasteiger partial charge in [0.05, 0.1) is 24.3 Å². The molecular formula is C26H27ClN4O5. The number of rotatable bonds is 6. The van der Waals surface area contributed by atoms with Crippen LogP contribution in [0.5, 0.6) is 0 Å². The number of hydrogen-bond acceptors (Lipinski definition) is 6. The maximum absolute atomic E-state index is 13.6. The van der Waals surface area contributed by atoms with Crippen LogP contribution in [0, 0.1) is 5.92 Å². The molecule has 1 aliphatic rings. The minimum absolute atomic E-state index is 0.118. The van der Waals surface area contributed by atoms with E-state index in [0.717, 1.165) is 14.8 Å². The monoisotopic (exact) mass is 510 g/mol. The molecule has 0 saturated carbocycles. The van der Waals surface area contributed by atoms with Gasteiger partial charge in [-0.3, -0.25) is 14.4 Å². The fourth-order valence-electron chi connectivity index (χ4n) is 4.36. The van der Waals surface area contributed by atoms with Crippen molar-refractivity contribution in [2.24, 2.45) is 5.92 Å². The topological polar surface area (TPSA) is 104 Å². The smallest absolute Gasteiger partial charge is 0.352 e. The van der Waals surface area contributed by atoms with Gasteiger partial charge in [0.25, 0.3) is 11.5 Å². The number of esters is 1. The molecule has 1 aromatic heterocycles. The Hall–Kier alpha value is -3.72. The molecule has 1 fully saturated rings. The quantitative estimate of drug-likeness (QED) is 0.472. The van der Waals surface area contributed by atoms with Crippen molar-refractivity contribution in [3.63, 3.8) is 0 Å². The van der Waals surface area contributed by atoms with Gasteiger partial charge >= 0.3 is 11.7 Å². The van der Waals surface area contributed by atoms with Gasteiger partial charge in [-0.1, -0.05) is 41.9 Å². The number of amides is 1. The van der Waals surface area contributed by atoms with E-state index in [9.17, 15) is 19.2 Å². The van der Waals surface area contributed by atoms with Gasteiger partial charge in [0.15, 0.2) is 0 Å². The Kier molecular flexibility index (Phi) is 7.69. The maximum Gasteiger partial charge on any atom is 0.352 e. The molecule has 1 amide bonds. The van der Waals surface area contributed by atoms with Crippen molar-refractivity contribution in [2.45, 2.75) is 32.7 Å². The number of nitrogens with zero attached hydrogens (tertiary/aromatic N) is 4. The van der Waals surface area contributed by atoms with E-state index in [-0.39, 0.29) is 19.1 Å². The number of ether oxygens (including phenoxy) is 1. The molecule has 1 aliphatic heterocycles. The van der Waals surface area contributed by atoms with E-state index in [1.54, 1.807) is 50.2 Å². The van der Waals surface area contributed by atoms with Gasteiger partial charge in [-0.15, -0.1) is 0 Å². The van der Waals surface area contributed by atoms with Crippen LogP contribution < -0.4 is 11.2 Å². The third-order valence-electron chi connectivity index (χ3n) is 6.28. The summed E-state index contributed by atoms with van der Waals surface area (Å²) in [6.07, 6.45) is 1.18. The number of carbonyl (C=O) groups is 2. The van der Waals surface area contributed by atoms with Crippen molar-refractivity contribution >= 4 is 23.5 Å². The van der Waals surface area contributed by atoms with E-state index in [4.69, 9.17) is 16.3 Å². The number of piperidine rings is 1. The highest BCUT2D eigenvalue weighted by Gasteiger charge is 2.33. The van der Waals surface area contributed by atoms with Crippen molar-refractivity contribution in [1.29, 1.82) is 0 Å². The van der Waals surface area contributed by atoms with E-state index in [1.165, 1.54) is 4.90 Å². The van der Waals surface area contributed by atoms with Crippen LogP contribution in [0.3, 0.4) is 0 Å². The number of halogens is 1. The summed E-state index contributed by atoms with van der Waals surface area (Å²) in [4.78, 5) is 54.4. The predicted molar refractivity (Wildman–Crippen MR) is 135 cm³/mol. The Morgan fingerprint density at radius 2 is 1.81 bits per heavy atom. The van der Waals surface area contributed by atoms with Gasteiger partial charge in [-0.05, 0) is 56.5 Å². The van der Waals surface area contributed by atoms with Crippen LogP contribution in [-0.4, -0.2) is 50.8 Å². The predicted octanol–water partition coefficient (Wildman–Crippen LogP) is 3.07. The van der Waals surface area contributed by atoms with E-state index in [0.29, 0.717) is 30.1 Å². The Labute approximate surface area is 212 Å². The summed E-state index contributed by atoms with van der Waals surface area (Å²) in [6, 6.07) is 14.8. The summed E-state index contributed by atoms with van der Waals surface area (Å²) in [5.74, 6) is -1.48. The van der Waals surface area contributed by atoms with E-state index in [2.05, 4.69) is 5.10 Å². The number of likely N-dealkylation sites (tertiary alicyclic amines) is 1. The molecule has 0 radical (unpaired) electrons. The molecule has 0 unspecified atom stereocenters. The molecule has 0 spiro atoms. The number of benzene rings is 2. The zero-order chi connectivity index (χ0) is 25.8. The van der Waals surface area contributed by atoms with Crippen LogP contribution in [0.25, 0.3) is 5.69 Å². The van der Waals surface area contributed by atoms with Crippen LogP contribution >= 0.6 is 11.6 Å². The summed E-state index contributed by atoms with van der Waals surface area (Å²) in [6.45, 7) is 4.18. The van der Waals surface area contributed by atoms with Crippen molar-refractivity contribution in [2.75, 3.05) is 19.7 Å². The summed E-state index contributed by atoms with van der Waals surface area (Å²) in [7, 11) is 0. The Morgan fingerprint density at radius 3 is 2.47 bits per heavy atom. The summed E-state index contributed by atoms with van der Waals surface area (Å²) < 4.78 is 7.20. The lowest BCUT2D eigenvalue weighted by Crippen LogP contribution is -2.50. The molecule has 2 heterocycles. The maximum atomic E-state index is 13.6. The molecule has 10 heteroatoms. The average Bonchev–Trinajstić information content (AvgIpc) is 2.90. The minimum Gasteiger partial charge on any atom is -0.466 e. The second-order valence-corrected chi connectivity index (χ2v) is 9.06. The van der Waals surface area contributed by atoms with Crippen molar-refractivity contribution in [3.05, 3.63) is 91.7 Å². The molecule has 2 atom stereocenters. The van der Waals surface area contributed by atoms with E-state index in [1.807, 2.05) is 18.2 Å². The molecule has 1 saturated heterocycles. The highest BCUT2D eigenvalue weighted by Crippen LogP contribution is 2.20. The van der Waals surface area contributed by atoms with Crippen LogP contribution in [0.1, 0.15) is 48.8 Å². The Bertz CT molecular complexity index is 1370. The highest BCUT2D eigenvalue weighted by molar-refractivity contribution is 6.30. The molecule has 4 rings (SSSR count). The first-order valence-corrected chi connectivity index (χ1v) is 12.2. The largest absolute Gasteiger partial charge is 0.466 e. The standard InChI is InChI=1S/C26H27ClN4O5/c1-3-36-25(34)19-10-7-15-29(16-19)23(32)22-24(33)30(17(2)18-8-5-4-6-9-18)26(35)31(28-22)21-13-11-20(27)12-14-21/h4-6,8-9,11-14,17,19H,3,7,10,15-16H2,1-2H3/t17-,19+/m0/s1. The molecular weight excluding hydrogens is 484 g/mol. The first-order valence-electron chi connectivity index (χ1n) is 11.8. The summed E-state index contributed by atoms with van der Waals surface area (Å²) >= 11 is 6.01. The van der Waals surface area contributed by atoms with Gasteiger partial charge in [0.2, 0.25) is 5.69 Å². The second-order valence-electron chi connectivity index (χ2n) is 8.62. The fourth-order valence-corrected chi connectivity index (χ4v) is 4.49. The molecule has 0 aliphatic carbocycles. The lowest BCUT2D eigenvalue weighted by molar-refractivity contribution is -0.149. The van der Waals surface area contributed by atoms with Gasteiger partial charge in [0, 0.05) is 18.1 Å². The normalized spacial score (nSPS) is 16.4. The van der Waals surface area contributed by atoms with Crippen LogP contribution in [0.2, 0.25) is 5.02 Å². The zero-order valence-corrected chi connectivity index (χ0v) is 20.9. The van der Waals surface area contributed by atoms with Crippen molar-refractivity contribution in [1.82, 2.24) is 19.2 Å². The van der Waals surface area contributed by atoms with Crippen molar-refractivity contribution < 1.29 is 14.3 Å². The van der Waals surface area contributed by atoms with Gasteiger partial charge in [-0.2, -0.15) is 9.78 Å². The molecule has 9 nitrogen and oxygen atoms in total. The summed E-state index contributed by atoms with van der Waals surface area (Å²) in [5, 5.41) is 4.68. The third kappa shape index (κ3) is 5.11. The number of hydrogen-bond donors (Lipinski definition) is 0. The van der Waals surface area contributed by atoms with Crippen LogP contribution in [0.4, 0.5) is 0 Å². The van der Waals surface area contributed by atoms with E-state index >= 15 is 0 Å². The lowest BCUT2D eigenvalue weighted by atomic mass is 9.98. The Balaban J connectivity index is 1.82. The Morgan fingerprint density at radius 1 is 1.11 bits per heavy atom. The van der Waals surface area contributed by atoms with E-state index < -0.39 is 34.8 Å². The first-order chi connectivity index (χ1) is 17.3. The van der Waals surface area contributed by atoms with Crippen LogP contribution in [0.15, 0.2) is 64.2 Å². The number of aromatic nitrogens is 3. The molecule has 36 heavy (non-hydrogen) atoms. The second kappa shape index (κ2) is 10.9. The zero-order valence-electron chi connectivity index (χ0n) is 20.1. The average molecular weight is 511 g/mol. The fraction of sp³-hybridized carbons (Fsp3) is 0.346. The first kappa shape index (κ1) is 25.4. The van der Waals surface area contributed by atoms with Crippen LogP contribution in [-0.2, 0) is 9.53 Å². The van der Waals surface area contributed by atoms with Gasteiger partial charge < -0.3 is 9.64 Å². The molecule has 188 valence electrons. The van der Waals surface area contributed by atoms with Crippen molar-refractivity contribution in [3.8, 4) is 5.69 Å². The third-order valence-corrected chi connectivity index (χ3v) is 6.53. The highest BCUT2D eigenvalue weighted by atomic mass is 35.5. The van der Waals surface area contributed by atoms with Gasteiger partial charge in [0.1, 0.15) is 0 Å². The molecule has 0 N–H and O–H groups in total. The molecule has 2 aromatic carbocycles. The minimum atomic E-state index is -0.787. The molecule has 0 bridgehead atoms. The SMILES string of the molecule is CCOC(=O)[C@@H]1CCCN(C(=O)c2nn(-c3ccc(Cl)cc3)c(=O)n([C@@H](C)c3ccccc3)c2=O)C1. The summed E-state index contributed by atoms with van der Waals surface area (Å²) in [5.41, 5.74) is -0.778. The number of carbonyl (C=O) groups excluding carboxylic acids is 2. The molecule has 3 aromatic rings. The van der Waals surface area contributed by atoms with Gasteiger partial charge in [-0.25, -0.2) is 9.36 Å². The lowest BCUT2D eigenvalue weighted by Gasteiger charge is -2.31.